The molecular weight excluding hydrogens is 285 g/mol. The summed E-state index contributed by atoms with van der Waals surface area (Å²) in [6, 6.07) is 3.99. The third kappa shape index (κ3) is 5.26. The molecule has 0 aliphatic carbocycles. The second-order valence-electron chi connectivity index (χ2n) is 4.64. The fourth-order valence-corrected chi connectivity index (χ4v) is 2.22. The first kappa shape index (κ1) is 16.6. The smallest absolute Gasteiger partial charge is 0.176 e. The standard InChI is InChI=1S/C13H18FNO4S/c1-15(6-7-20(3,17)18)9-12(16)10-4-5-13(19-2)11(14)8-10/h4-5,8H,6-7,9H2,1-3H3. The molecule has 0 heterocycles. The van der Waals surface area contributed by atoms with Crippen LogP contribution in [0.1, 0.15) is 10.4 Å². The Morgan fingerprint density at radius 2 is 2.05 bits per heavy atom. The van der Waals surface area contributed by atoms with Crippen molar-refractivity contribution in [1.29, 1.82) is 0 Å². The molecule has 1 rings (SSSR count). The van der Waals surface area contributed by atoms with E-state index in [1.54, 1.807) is 11.9 Å². The van der Waals surface area contributed by atoms with Crippen LogP contribution in [0.2, 0.25) is 0 Å². The van der Waals surface area contributed by atoms with E-state index >= 15 is 0 Å². The van der Waals surface area contributed by atoms with Crippen LogP contribution >= 0.6 is 0 Å². The number of Topliss-reactive ketones (excluding diaryl/α,β-unsaturated/α-hetero) is 1. The van der Waals surface area contributed by atoms with Crippen molar-refractivity contribution >= 4 is 15.6 Å². The number of hydrogen-bond acceptors (Lipinski definition) is 5. The van der Waals surface area contributed by atoms with Gasteiger partial charge in [0, 0.05) is 18.4 Å². The second-order valence-corrected chi connectivity index (χ2v) is 6.90. The minimum atomic E-state index is -3.06. The van der Waals surface area contributed by atoms with Crippen molar-refractivity contribution in [2.45, 2.75) is 0 Å². The molecule has 0 aliphatic rings. The highest BCUT2D eigenvalue weighted by Crippen LogP contribution is 2.18. The maximum Gasteiger partial charge on any atom is 0.176 e. The summed E-state index contributed by atoms with van der Waals surface area (Å²) in [5, 5.41) is 0. The van der Waals surface area contributed by atoms with Crippen molar-refractivity contribution in [3.8, 4) is 5.75 Å². The highest BCUT2D eigenvalue weighted by molar-refractivity contribution is 7.90. The van der Waals surface area contributed by atoms with E-state index in [0.29, 0.717) is 0 Å². The zero-order valence-electron chi connectivity index (χ0n) is 11.7. The Hall–Kier alpha value is -1.47. The van der Waals surface area contributed by atoms with Crippen LogP contribution < -0.4 is 4.74 Å². The van der Waals surface area contributed by atoms with Gasteiger partial charge in [-0.15, -0.1) is 0 Å². The lowest BCUT2D eigenvalue weighted by Gasteiger charge is -2.15. The number of nitrogens with zero attached hydrogens (tertiary/aromatic N) is 1. The molecule has 20 heavy (non-hydrogen) atoms. The van der Waals surface area contributed by atoms with Crippen LogP contribution in [0, 0.1) is 5.82 Å². The number of rotatable bonds is 7. The van der Waals surface area contributed by atoms with E-state index in [1.165, 1.54) is 19.2 Å². The molecule has 0 atom stereocenters. The molecule has 0 aromatic heterocycles. The molecule has 0 unspecified atom stereocenters. The number of hydrogen-bond donors (Lipinski definition) is 0. The molecule has 0 spiro atoms. The summed E-state index contributed by atoms with van der Waals surface area (Å²) in [6.45, 7) is 0.282. The predicted octanol–water partition coefficient (Wildman–Crippen LogP) is 0.993. The van der Waals surface area contributed by atoms with Gasteiger partial charge < -0.3 is 4.74 Å². The van der Waals surface area contributed by atoms with Crippen LogP contribution in [-0.2, 0) is 9.84 Å². The summed E-state index contributed by atoms with van der Waals surface area (Å²) in [7, 11) is -0.0769. The number of carbonyl (C=O) groups excluding carboxylic acids is 1. The van der Waals surface area contributed by atoms with E-state index in [4.69, 9.17) is 4.74 Å². The van der Waals surface area contributed by atoms with Crippen molar-refractivity contribution in [3.63, 3.8) is 0 Å². The van der Waals surface area contributed by atoms with Crippen molar-refractivity contribution in [2.75, 3.05) is 39.3 Å². The molecule has 0 aliphatic heterocycles. The molecule has 0 amide bonds. The molecule has 112 valence electrons. The molecule has 5 nitrogen and oxygen atoms in total. The molecule has 1 aromatic rings. The summed E-state index contributed by atoms with van der Waals surface area (Å²) in [6.07, 6.45) is 1.14. The molecule has 7 heteroatoms. The minimum absolute atomic E-state index is 0.0201. The number of ketones is 1. The van der Waals surface area contributed by atoms with E-state index in [0.717, 1.165) is 12.3 Å². The van der Waals surface area contributed by atoms with Gasteiger partial charge in [0.1, 0.15) is 9.84 Å². The van der Waals surface area contributed by atoms with E-state index in [1.807, 2.05) is 0 Å². The van der Waals surface area contributed by atoms with Gasteiger partial charge in [-0.25, -0.2) is 12.8 Å². The quantitative estimate of drug-likeness (QED) is 0.703. The lowest BCUT2D eigenvalue weighted by Crippen LogP contribution is -2.30. The molecule has 0 fully saturated rings. The first-order valence-electron chi connectivity index (χ1n) is 5.96. The van der Waals surface area contributed by atoms with Gasteiger partial charge in [0.2, 0.25) is 0 Å². The normalized spacial score (nSPS) is 11.7. The third-order valence-corrected chi connectivity index (χ3v) is 3.66. The van der Waals surface area contributed by atoms with Gasteiger partial charge in [-0.3, -0.25) is 9.69 Å². The Labute approximate surface area is 118 Å². The Morgan fingerprint density at radius 1 is 1.40 bits per heavy atom. The maximum absolute atomic E-state index is 13.5. The van der Waals surface area contributed by atoms with E-state index in [2.05, 4.69) is 0 Å². The Kier molecular flexibility index (Phi) is 5.64. The zero-order valence-corrected chi connectivity index (χ0v) is 12.5. The van der Waals surface area contributed by atoms with Crippen molar-refractivity contribution in [1.82, 2.24) is 4.90 Å². The van der Waals surface area contributed by atoms with E-state index < -0.39 is 15.7 Å². The highest BCUT2D eigenvalue weighted by atomic mass is 32.2. The van der Waals surface area contributed by atoms with Gasteiger partial charge in [-0.05, 0) is 25.2 Å². The summed E-state index contributed by atoms with van der Waals surface area (Å²) < 4.78 is 40.3. The Balaban J connectivity index is 2.64. The van der Waals surface area contributed by atoms with Gasteiger partial charge in [0.15, 0.2) is 17.3 Å². The number of carbonyl (C=O) groups is 1. The number of halogens is 1. The van der Waals surface area contributed by atoms with Gasteiger partial charge in [0.05, 0.1) is 19.4 Å². The second kappa shape index (κ2) is 6.81. The van der Waals surface area contributed by atoms with Crippen molar-refractivity contribution < 1.29 is 22.3 Å². The van der Waals surface area contributed by atoms with Crippen LogP contribution in [0.25, 0.3) is 0 Å². The largest absolute Gasteiger partial charge is 0.494 e. The third-order valence-electron chi connectivity index (χ3n) is 2.73. The van der Waals surface area contributed by atoms with Gasteiger partial charge >= 0.3 is 0 Å². The predicted molar refractivity (Wildman–Crippen MR) is 74.5 cm³/mol. The topological polar surface area (TPSA) is 63.7 Å². The number of ether oxygens (including phenoxy) is 1. The summed E-state index contributed by atoms with van der Waals surface area (Å²) in [5.41, 5.74) is 0.231. The zero-order chi connectivity index (χ0) is 15.3. The molecule has 0 saturated carbocycles. The van der Waals surface area contributed by atoms with Gasteiger partial charge in [0.25, 0.3) is 0 Å². The summed E-state index contributed by atoms with van der Waals surface area (Å²) in [5.74, 6) is -0.819. The molecular formula is C13H18FNO4S. The monoisotopic (exact) mass is 303 g/mol. The number of likely N-dealkylation sites (N-methyl/N-ethyl adjacent to an activating group) is 1. The van der Waals surface area contributed by atoms with Crippen molar-refractivity contribution in [3.05, 3.63) is 29.6 Å². The minimum Gasteiger partial charge on any atom is -0.494 e. The number of methoxy groups -OCH3 is 1. The average Bonchev–Trinajstić information content (AvgIpc) is 2.35. The van der Waals surface area contributed by atoms with E-state index in [9.17, 15) is 17.6 Å². The fraction of sp³-hybridized carbons (Fsp3) is 0.462. The van der Waals surface area contributed by atoms with Gasteiger partial charge in [-0.1, -0.05) is 0 Å². The maximum atomic E-state index is 13.5. The summed E-state index contributed by atoms with van der Waals surface area (Å²) in [4.78, 5) is 13.5. The van der Waals surface area contributed by atoms with Crippen LogP contribution in [0.3, 0.4) is 0 Å². The first-order valence-corrected chi connectivity index (χ1v) is 8.02. The SMILES string of the molecule is COc1ccc(C(=O)CN(C)CCS(C)(=O)=O)cc1F. The lowest BCUT2D eigenvalue weighted by atomic mass is 10.1. The lowest BCUT2D eigenvalue weighted by molar-refractivity contribution is 0.0948. The highest BCUT2D eigenvalue weighted by Gasteiger charge is 2.13. The van der Waals surface area contributed by atoms with Crippen LogP contribution in [0.5, 0.6) is 5.75 Å². The van der Waals surface area contributed by atoms with Gasteiger partial charge in [-0.2, -0.15) is 0 Å². The van der Waals surface area contributed by atoms with Crippen LogP contribution in [0.15, 0.2) is 18.2 Å². The van der Waals surface area contributed by atoms with E-state index in [-0.39, 0.29) is 35.9 Å². The van der Waals surface area contributed by atoms with Crippen LogP contribution in [-0.4, -0.2) is 58.4 Å². The van der Waals surface area contributed by atoms with Crippen LogP contribution in [0.4, 0.5) is 4.39 Å². The number of sulfone groups is 1. The van der Waals surface area contributed by atoms with Crippen molar-refractivity contribution in [2.24, 2.45) is 0 Å². The average molecular weight is 303 g/mol. The summed E-state index contributed by atoms with van der Waals surface area (Å²) >= 11 is 0. The molecule has 0 bridgehead atoms. The molecule has 1 aromatic carbocycles. The number of benzene rings is 1. The Bertz CT molecular complexity index is 586. The molecule has 0 radical (unpaired) electrons. The fourth-order valence-electron chi connectivity index (χ4n) is 1.58. The molecule has 0 saturated heterocycles. The Morgan fingerprint density at radius 3 is 2.55 bits per heavy atom. The molecule has 0 N–H and O–H groups in total. The first-order chi connectivity index (χ1) is 9.23.